The first-order valence-corrected chi connectivity index (χ1v) is 17.7. The van der Waals surface area contributed by atoms with Crippen molar-refractivity contribution in [2.24, 2.45) is 0 Å². The fourth-order valence-electron chi connectivity index (χ4n) is 7.70. The van der Waals surface area contributed by atoms with Crippen molar-refractivity contribution in [3.05, 3.63) is 188 Å². The lowest BCUT2D eigenvalue weighted by atomic mass is 10.0. The Morgan fingerprint density at radius 1 is 0.421 bits per heavy atom. The molecule has 0 amide bonds. The van der Waals surface area contributed by atoms with Crippen LogP contribution in [-0.4, -0.2) is 33.6 Å². The van der Waals surface area contributed by atoms with E-state index in [1.165, 1.54) is 0 Å². The van der Waals surface area contributed by atoms with E-state index in [0.29, 0.717) is 43.9 Å². The van der Waals surface area contributed by atoms with Crippen molar-refractivity contribution < 1.29 is 23.3 Å². The number of para-hydroxylation sites is 5. The molecule has 6 heterocycles. The summed E-state index contributed by atoms with van der Waals surface area (Å²) >= 11 is 0. The van der Waals surface area contributed by atoms with E-state index in [4.69, 9.17) is 30.0 Å². The molecule has 7 heteroatoms. The van der Waals surface area contributed by atoms with Gasteiger partial charge in [-0.2, -0.15) is 0 Å². The molecular formula is C50H31N7. The highest BCUT2D eigenvalue weighted by Gasteiger charge is 2.25. The summed E-state index contributed by atoms with van der Waals surface area (Å²) in [5.41, 5.74) is -1.52. The monoisotopic (exact) mass is 746 g/mol. The molecule has 0 saturated carbocycles. The molecular weight excluding hydrogens is 699 g/mol. The van der Waals surface area contributed by atoms with Gasteiger partial charge < -0.3 is 0 Å². The van der Waals surface area contributed by atoms with Crippen molar-refractivity contribution in [2.45, 2.75) is 0 Å². The molecule has 0 atom stereocenters. The molecule has 0 aliphatic heterocycles. The molecule has 0 saturated heterocycles. The number of fused-ring (bicyclic) bond motifs is 9. The summed E-state index contributed by atoms with van der Waals surface area (Å²) in [5.74, 6) is -0.680. The van der Waals surface area contributed by atoms with Gasteiger partial charge in [-0.25, -0.2) is 19.9 Å². The number of aromatic nitrogens is 7. The highest BCUT2D eigenvalue weighted by Crippen LogP contribution is 2.42. The van der Waals surface area contributed by atoms with Gasteiger partial charge in [0.15, 0.2) is 0 Å². The molecule has 12 aromatic rings. The van der Waals surface area contributed by atoms with Crippen molar-refractivity contribution >= 4 is 65.7 Å². The Balaban J connectivity index is 1.37. The van der Waals surface area contributed by atoms with Crippen LogP contribution < -0.4 is 0 Å². The van der Waals surface area contributed by atoms with Crippen LogP contribution in [0.25, 0.3) is 106 Å². The first-order valence-electron chi connectivity index (χ1n) is 26.2. The lowest BCUT2D eigenvalue weighted by Gasteiger charge is -2.20. The van der Waals surface area contributed by atoms with E-state index in [1.54, 1.807) is 57.9 Å². The maximum absolute atomic E-state index is 10.2. The molecule has 0 fully saturated rings. The van der Waals surface area contributed by atoms with E-state index in [9.17, 15) is 8.22 Å². The van der Waals surface area contributed by atoms with Crippen LogP contribution in [0.15, 0.2) is 188 Å². The van der Waals surface area contributed by atoms with Crippen molar-refractivity contribution in [1.82, 2.24) is 33.6 Å². The highest BCUT2D eigenvalue weighted by molar-refractivity contribution is 6.11. The van der Waals surface area contributed by atoms with Crippen LogP contribution in [0, 0.1) is 0 Å². The number of hydrogen-bond acceptors (Lipinski definition) is 4. The number of nitrogens with zero attached hydrogens (tertiary/aromatic N) is 7. The van der Waals surface area contributed by atoms with Gasteiger partial charge in [0.05, 0.1) is 68.1 Å². The first kappa shape index (κ1) is 19.1. The van der Waals surface area contributed by atoms with E-state index >= 15 is 0 Å². The van der Waals surface area contributed by atoms with Crippen LogP contribution in [-0.2, 0) is 0 Å². The fourth-order valence-corrected chi connectivity index (χ4v) is 7.70. The first-order chi connectivity index (χ1) is 35.4. The van der Waals surface area contributed by atoms with E-state index in [-0.39, 0.29) is 27.7 Å². The number of rotatable bonds is 5. The molecule has 0 spiro atoms. The summed E-state index contributed by atoms with van der Waals surface area (Å²) in [5, 5.41) is 1.95. The molecule has 0 radical (unpaired) electrons. The second-order valence-corrected chi connectivity index (χ2v) is 13.0. The van der Waals surface area contributed by atoms with Gasteiger partial charge in [-0.15, -0.1) is 0 Å². The standard InChI is InChI=1S/C50H31N7/c1-2-15-32(16-3-1)40-31-41(54-50(53-40)56-43-25-9-4-17-33(43)34-18-5-10-26-44(34)56)39-21-12-28-46(55-42-24-8-6-19-35(42)37-22-13-29-51-48(37)55)47(39)57-45-27-11-7-20-36(45)38-23-14-30-52-49(38)57/h1-31H/i1D,2D,3D,4D,5D,9D,10D,12D,15D,16D,17D,18D,21D,25D,26D,28D,31D. The topological polar surface area (TPSA) is 66.3 Å². The van der Waals surface area contributed by atoms with E-state index < -0.39 is 137 Å². The van der Waals surface area contributed by atoms with Gasteiger partial charge in [0.1, 0.15) is 11.3 Å². The Morgan fingerprint density at radius 3 is 1.67 bits per heavy atom. The highest BCUT2D eigenvalue weighted by atomic mass is 15.2. The van der Waals surface area contributed by atoms with Crippen molar-refractivity contribution in [3.8, 4) is 39.8 Å². The Bertz CT molecular complexity index is 4330. The molecule has 6 aromatic heterocycles. The van der Waals surface area contributed by atoms with E-state index in [1.807, 2.05) is 36.4 Å². The summed E-state index contributed by atoms with van der Waals surface area (Å²) < 4.78 is 160. The largest absolute Gasteiger partial charge is 0.292 e. The molecule has 0 aliphatic rings. The van der Waals surface area contributed by atoms with E-state index in [0.717, 1.165) is 4.57 Å². The lowest BCUT2D eigenvalue weighted by Crippen LogP contribution is -2.08. The van der Waals surface area contributed by atoms with Gasteiger partial charge in [0.25, 0.3) is 0 Å². The zero-order chi connectivity index (χ0) is 52.2. The van der Waals surface area contributed by atoms with Gasteiger partial charge >= 0.3 is 0 Å². The molecule has 266 valence electrons. The molecule has 7 nitrogen and oxygen atoms in total. The minimum atomic E-state index is -0.816. The Hall–Kier alpha value is -7.90. The predicted molar refractivity (Wildman–Crippen MR) is 232 cm³/mol. The summed E-state index contributed by atoms with van der Waals surface area (Å²) in [6.45, 7) is 0. The minimum Gasteiger partial charge on any atom is -0.292 e. The second kappa shape index (κ2) is 12.3. The molecule has 57 heavy (non-hydrogen) atoms. The van der Waals surface area contributed by atoms with Gasteiger partial charge in [0, 0.05) is 55.8 Å². The number of hydrogen-bond donors (Lipinski definition) is 0. The summed E-state index contributed by atoms with van der Waals surface area (Å²) in [6, 6.07) is 9.20. The summed E-state index contributed by atoms with van der Waals surface area (Å²) in [6.07, 6.45) is 3.10. The predicted octanol–water partition coefficient (Wildman–Crippen LogP) is 11.9. The third-order valence-corrected chi connectivity index (χ3v) is 10.0. The van der Waals surface area contributed by atoms with Crippen molar-refractivity contribution in [1.29, 1.82) is 0 Å². The van der Waals surface area contributed by atoms with Crippen LogP contribution in [0.5, 0.6) is 0 Å². The average molecular weight is 747 g/mol. The molecule has 0 aliphatic carbocycles. The van der Waals surface area contributed by atoms with Crippen LogP contribution in [0.2, 0.25) is 0 Å². The lowest BCUT2D eigenvalue weighted by molar-refractivity contribution is 0.992. The molecule has 6 aromatic carbocycles. The second-order valence-electron chi connectivity index (χ2n) is 13.0. The summed E-state index contributed by atoms with van der Waals surface area (Å²) in [4.78, 5) is 19.2. The third-order valence-electron chi connectivity index (χ3n) is 10.0. The normalized spacial score (nSPS) is 16.0. The smallest absolute Gasteiger partial charge is 0.235 e. The zero-order valence-electron chi connectivity index (χ0n) is 46.2. The molecule has 12 rings (SSSR count). The summed E-state index contributed by atoms with van der Waals surface area (Å²) in [7, 11) is 0. The fraction of sp³-hybridized carbons (Fsp3) is 0. The molecule has 0 N–H and O–H groups in total. The van der Waals surface area contributed by atoms with Gasteiger partial charge in [-0.3, -0.25) is 13.7 Å². The Kier molecular flexibility index (Phi) is 4.13. The van der Waals surface area contributed by atoms with Crippen LogP contribution in [0.4, 0.5) is 0 Å². The third kappa shape index (κ3) is 4.66. The van der Waals surface area contributed by atoms with E-state index in [2.05, 4.69) is 4.98 Å². The zero-order valence-corrected chi connectivity index (χ0v) is 29.2. The quantitative estimate of drug-likeness (QED) is 0.176. The van der Waals surface area contributed by atoms with Gasteiger partial charge in [0.2, 0.25) is 5.95 Å². The molecule has 0 bridgehead atoms. The Labute approximate surface area is 350 Å². The SMILES string of the molecule is [2H]c1c(-c2c([2H])c([2H])c([2H])c([2H])c2[2H])nc(-n2c3c([2H])c([2H])c([2H])c([2H])c3c3c([2H])c([2H])c([2H])c([2H])c32)nc1-c1c([2H])c([2H])c([2H])c(-n2c3ccccc3c3cccnc32)c1-n1c2ccccc2c2cccnc21. The van der Waals surface area contributed by atoms with Crippen LogP contribution in [0.1, 0.15) is 23.3 Å². The maximum atomic E-state index is 10.2. The Morgan fingerprint density at radius 2 is 0.982 bits per heavy atom. The van der Waals surface area contributed by atoms with Crippen LogP contribution in [0.3, 0.4) is 0 Å². The average Bonchev–Trinajstić information content (AvgIpc) is 4.06. The van der Waals surface area contributed by atoms with Crippen molar-refractivity contribution in [2.75, 3.05) is 0 Å². The number of pyridine rings is 2. The van der Waals surface area contributed by atoms with Crippen LogP contribution >= 0.6 is 0 Å². The van der Waals surface area contributed by atoms with Crippen molar-refractivity contribution in [3.63, 3.8) is 0 Å². The maximum Gasteiger partial charge on any atom is 0.235 e. The minimum absolute atomic E-state index is 0.0387. The van der Waals surface area contributed by atoms with Gasteiger partial charge in [-0.1, -0.05) is 115 Å². The van der Waals surface area contributed by atoms with Gasteiger partial charge in [-0.05, 0) is 60.6 Å². The molecule has 0 unspecified atom stereocenters. The number of benzene rings is 6.